The first kappa shape index (κ1) is 13.6. The van der Waals surface area contributed by atoms with Crippen molar-refractivity contribution in [2.75, 3.05) is 11.9 Å². The molecule has 0 aliphatic carbocycles. The van der Waals surface area contributed by atoms with E-state index in [9.17, 15) is 9.59 Å². The number of nitrogens with one attached hydrogen (secondary N) is 1. The number of hydrogen-bond donors (Lipinski definition) is 1. The Labute approximate surface area is 113 Å². The van der Waals surface area contributed by atoms with Crippen molar-refractivity contribution in [3.05, 3.63) is 30.3 Å². The highest BCUT2D eigenvalue weighted by Crippen LogP contribution is 2.20. The van der Waals surface area contributed by atoms with Crippen LogP contribution in [0, 0.1) is 0 Å². The summed E-state index contributed by atoms with van der Waals surface area (Å²) in [5, 5.41) is 2.88. The maximum absolute atomic E-state index is 12.2. The van der Waals surface area contributed by atoms with Crippen molar-refractivity contribution in [3.63, 3.8) is 0 Å². The molecule has 1 fully saturated rings. The van der Waals surface area contributed by atoms with E-state index in [4.69, 9.17) is 0 Å². The number of hydrogen-bond acceptors (Lipinski definition) is 2. The van der Waals surface area contributed by atoms with Crippen LogP contribution in [-0.2, 0) is 9.59 Å². The van der Waals surface area contributed by atoms with E-state index < -0.39 is 0 Å². The molecule has 0 aromatic heterocycles. The average molecular weight is 260 g/mol. The summed E-state index contributed by atoms with van der Waals surface area (Å²) in [6.07, 6.45) is 3.01. The molecule has 0 radical (unpaired) electrons. The summed E-state index contributed by atoms with van der Waals surface area (Å²) in [5.41, 5.74) is 0.780. The third-order valence-corrected chi connectivity index (χ3v) is 3.38. The van der Waals surface area contributed by atoms with Crippen LogP contribution in [0.15, 0.2) is 30.3 Å². The Morgan fingerprint density at radius 1 is 1.32 bits per heavy atom. The molecule has 2 rings (SSSR count). The van der Waals surface area contributed by atoms with Crippen molar-refractivity contribution in [2.24, 2.45) is 0 Å². The van der Waals surface area contributed by atoms with Gasteiger partial charge in [-0.05, 0) is 31.4 Å². The quantitative estimate of drug-likeness (QED) is 0.903. The number of para-hydroxylation sites is 1. The molecule has 0 bridgehead atoms. The van der Waals surface area contributed by atoms with Gasteiger partial charge in [0.2, 0.25) is 11.8 Å². The van der Waals surface area contributed by atoms with Crippen LogP contribution in [0.1, 0.15) is 32.6 Å². The van der Waals surface area contributed by atoms with Crippen molar-refractivity contribution in [1.82, 2.24) is 4.90 Å². The molecule has 19 heavy (non-hydrogen) atoms. The Kier molecular flexibility index (Phi) is 4.55. The number of benzene rings is 1. The molecule has 0 saturated carbocycles. The lowest BCUT2D eigenvalue weighted by molar-refractivity contribution is -0.136. The zero-order valence-electron chi connectivity index (χ0n) is 11.3. The van der Waals surface area contributed by atoms with Crippen LogP contribution in [0.2, 0.25) is 0 Å². The number of carbonyl (C=O) groups is 2. The lowest BCUT2D eigenvalue weighted by Gasteiger charge is -2.23. The molecular formula is C15H20N2O2. The number of carbonyl (C=O) groups excluding carboxylic acids is 2. The molecular weight excluding hydrogens is 240 g/mol. The van der Waals surface area contributed by atoms with E-state index in [0.29, 0.717) is 13.0 Å². The Balaban J connectivity index is 2.00. The van der Waals surface area contributed by atoms with Crippen LogP contribution < -0.4 is 5.32 Å². The van der Waals surface area contributed by atoms with Crippen molar-refractivity contribution < 1.29 is 9.59 Å². The van der Waals surface area contributed by atoms with Crippen LogP contribution in [0.4, 0.5) is 5.69 Å². The molecule has 2 amide bonds. The summed E-state index contributed by atoms with van der Waals surface area (Å²) in [7, 11) is 0. The molecule has 4 nitrogen and oxygen atoms in total. The highest BCUT2D eigenvalue weighted by molar-refractivity contribution is 5.97. The largest absolute Gasteiger partial charge is 0.331 e. The van der Waals surface area contributed by atoms with Crippen molar-refractivity contribution in [3.8, 4) is 0 Å². The van der Waals surface area contributed by atoms with E-state index in [2.05, 4.69) is 5.32 Å². The normalized spacial score (nSPS) is 18.4. The molecule has 1 atom stereocenters. The molecule has 1 N–H and O–H groups in total. The lowest BCUT2D eigenvalue weighted by Crippen LogP contribution is -2.43. The third-order valence-electron chi connectivity index (χ3n) is 3.38. The van der Waals surface area contributed by atoms with Crippen LogP contribution in [0.25, 0.3) is 0 Å². The maximum Gasteiger partial charge on any atom is 0.247 e. The fourth-order valence-electron chi connectivity index (χ4n) is 2.44. The number of amides is 2. The maximum atomic E-state index is 12.2. The van der Waals surface area contributed by atoms with Gasteiger partial charge in [-0.1, -0.05) is 25.1 Å². The van der Waals surface area contributed by atoms with Crippen LogP contribution in [0.5, 0.6) is 0 Å². The zero-order chi connectivity index (χ0) is 13.7. The molecule has 0 spiro atoms. The van der Waals surface area contributed by atoms with Crippen LogP contribution >= 0.6 is 0 Å². The van der Waals surface area contributed by atoms with Gasteiger partial charge < -0.3 is 10.2 Å². The van der Waals surface area contributed by atoms with Crippen molar-refractivity contribution in [2.45, 2.75) is 38.6 Å². The molecule has 4 heteroatoms. The van der Waals surface area contributed by atoms with Crippen LogP contribution in [0.3, 0.4) is 0 Å². The van der Waals surface area contributed by atoms with E-state index in [-0.39, 0.29) is 17.9 Å². The second kappa shape index (κ2) is 6.36. The molecule has 1 heterocycles. The second-order valence-corrected chi connectivity index (χ2v) is 4.85. The van der Waals surface area contributed by atoms with Crippen LogP contribution in [-0.4, -0.2) is 29.3 Å². The zero-order valence-corrected chi connectivity index (χ0v) is 11.3. The molecule has 1 unspecified atom stereocenters. The van der Waals surface area contributed by atoms with Gasteiger partial charge in [-0.25, -0.2) is 0 Å². The van der Waals surface area contributed by atoms with E-state index in [1.807, 2.05) is 37.3 Å². The molecule has 1 aromatic carbocycles. The van der Waals surface area contributed by atoms with Crippen molar-refractivity contribution in [1.29, 1.82) is 0 Å². The standard InChI is InChI=1S/C15H20N2O2/c1-2-7-14(18)17-11-6-10-13(17)15(19)16-12-8-4-3-5-9-12/h3-5,8-9,13H,2,6-7,10-11H2,1H3,(H,16,19). The monoisotopic (exact) mass is 260 g/mol. The Morgan fingerprint density at radius 3 is 2.74 bits per heavy atom. The minimum atomic E-state index is -0.306. The van der Waals surface area contributed by atoms with Crippen molar-refractivity contribution >= 4 is 17.5 Å². The summed E-state index contributed by atoms with van der Waals surface area (Å²) in [6, 6.07) is 9.06. The first-order chi connectivity index (χ1) is 9.22. The van der Waals surface area contributed by atoms with Gasteiger partial charge in [-0.3, -0.25) is 9.59 Å². The summed E-state index contributed by atoms with van der Waals surface area (Å²) >= 11 is 0. The van der Waals surface area contributed by atoms with Gasteiger partial charge in [0, 0.05) is 18.7 Å². The second-order valence-electron chi connectivity index (χ2n) is 4.85. The molecule has 1 aromatic rings. The number of nitrogens with zero attached hydrogens (tertiary/aromatic N) is 1. The number of rotatable bonds is 4. The van der Waals surface area contributed by atoms with Gasteiger partial charge in [0.1, 0.15) is 6.04 Å². The summed E-state index contributed by atoms with van der Waals surface area (Å²) in [5.74, 6) is 0.0152. The topological polar surface area (TPSA) is 49.4 Å². The lowest BCUT2D eigenvalue weighted by atomic mass is 10.2. The third kappa shape index (κ3) is 3.34. The number of anilines is 1. The molecule has 1 saturated heterocycles. The Bertz CT molecular complexity index is 445. The molecule has 1 aliphatic heterocycles. The fourth-order valence-corrected chi connectivity index (χ4v) is 2.44. The van der Waals surface area contributed by atoms with Gasteiger partial charge >= 0.3 is 0 Å². The predicted molar refractivity (Wildman–Crippen MR) is 74.7 cm³/mol. The summed E-state index contributed by atoms with van der Waals surface area (Å²) in [4.78, 5) is 25.9. The fraction of sp³-hybridized carbons (Fsp3) is 0.467. The predicted octanol–water partition coefficient (Wildman–Crippen LogP) is 2.42. The SMILES string of the molecule is CCCC(=O)N1CCCC1C(=O)Nc1ccccc1. The van der Waals surface area contributed by atoms with E-state index in [1.54, 1.807) is 4.90 Å². The number of likely N-dealkylation sites (tertiary alicyclic amines) is 1. The smallest absolute Gasteiger partial charge is 0.247 e. The van der Waals surface area contributed by atoms with E-state index in [0.717, 1.165) is 24.9 Å². The minimum absolute atomic E-state index is 0.0758. The highest BCUT2D eigenvalue weighted by Gasteiger charge is 2.33. The first-order valence-corrected chi connectivity index (χ1v) is 6.87. The van der Waals surface area contributed by atoms with Gasteiger partial charge in [0.15, 0.2) is 0 Å². The minimum Gasteiger partial charge on any atom is -0.331 e. The average Bonchev–Trinajstić information content (AvgIpc) is 2.89. The molecule has 1 aliphatic rings. The van der Waals surface area contributed by atoms with Gasteiger partial charge in [-0.15, -0.1) is 0 Å². The molecule has 102 valence electrons. The van der Waals surface area contributed by atoms with Gasteiger partial charge in [0.25, 0.3) is 0 Å². The first-order valence-electron chi connectivity index (χ1n) is 6.87. The Morgan fingerprint density at radius 2 is 2.05 bits per heavy atom. The Hall–Kier alpha value is -1.84. The van der Waals surface area contributed by atoms with E-state index >= 15 is 0 Å². The highest BCUT2D eigenvalue weighted by atomic mass is 16.2. The summed E-state index contributed by atoms with van der Waals surface area (Å²) in [6.45, 7) is 2.68. The summed E-state index contributed by atoms with van der Waals surface area (Å²) < 4.78 is 0. The van der Waals surface area contributed by atoms with Gasteiger partial charge in [-0.2, -0.15) is 0 Å². The van der Waals surface area contributed by atoms with Gasteiger partial charge in [0.05, 0.1) is 0 Å². The van der Waals surface area contributed by atoms with E-state index in [1.165, 1.54) is 0 Å².